The maximum atomic E-state index is 11.2. The normalized spacial score (nSPS) is 57.8. The molecule has 0 aromatic heterocycles. The fourth-order valence-electron chi connectivity index (χ4n) is 7.99. The first kappa shape index (κ1) is 15.5. The first-order valence-electron chi connectivity index (χ1n) is 10.2. The number of fused-ring (bicyclic) bond motifs is 5. The van der Waals surface area contributed by atoms with Crippen LogP contribution in [0.25, 0.3) is 0 Å². The van der Waals surface area contributed by atoms with E-state index in [9.17, 15) is 5.11 Å². The topological polar surface area (TPSA) is 20.2 Å². The van der Waals surface area contributed by atoms with E-state index in [2.05, 4.69) is 20.8 Å². The van der Waals surface area contributed by atoms with E-state index in [1.165, 1.54) is 57.8 Å². The second-order valence-corrected chi connectivity index (χ2v) is 9.78. The molecule has 4 rings (SSSR count). The summed E-state index contributed by atoms with van der Waals surface area (Å²) in [7, 11) is 0. The van der Waals surface area contributed by atoms with Crippen molar-refractivity contribution < 1.29 is 5.11 Å². The fraction of sp³-hybridized carbons (Fsp3) is 1.00. The summed E-state index contributed by atoms with van der Waals surface area (Å²) in [5.41, 5.74) is 0.475. The van der Waals surface area contributed by atoms with Gasteiger partial charge in [-0.25, -0.2) is 0 Å². The lowest BCUT2D eigenvalue weighted by atomic mass is 9.44. The van der Waals surface area contributed by atoms with Crippen molar-refractivity contribution in [1.82, 2.24) is 0 Å². The Morgan fingerprint density at radius 3 is 2.41 bits per heavy atom. The minimum Gasteiger partial charge on any atom is -0.389 e. The van der Waals surface area contributed by atoms with Gasteiger partial charge in [-0.15, -0.1) is 0 Å². The molecule has 1 heteroatoms. The zero-order valence-corrected chi connectivity index (χ0v) is 15.0. The molecule has 0 heterocycles. The highest BCUT2D eigenvalue weighted by Crippen LogP contribution is 2.68. The van der Waals surface area contributed by atoms with Gasteiger partial charge in [0.15, 0.2) is 0 Å². The summed E-state index contributed by atoms with van der Waals surface area (Å²) >= 11 is 0. The van der Waals surface area contributed by atoms with Gasteiger partial charge < -0.3 is 5.11 Å². The van der Waals surface area contributed by atoms with Gasteiger partial charge in [-0.2, -0.15) is 0 Å². The second kappa shape index (κ2) is 4.98. The predicted molar refractivity (Wildman–Crippen MR) is 91.6 cm³/mol. The van der Waals surface area contributed by atoms with Gasteiger partial charge in [-0.3, -0.25) is 0 Å². The van der Waals surface area contributed by atoms with Gasteiger partial charge in [0.05, 0.1) is 5.60 Å². The van der Waals surface area contributed by atoms with Crippen molar-refractivity contribution in [2.75, 3.05) is 0 Å². The zero-order chi connectivity index (χ0) is 15.6. The highest BCUT2D eigenvalue weighted by atomic mass is 16.3. The number of hydrogen-bond acceptors (Lipinski definition) is 1. The molecule has 1 N–H and O–H groups in total. The average molecular weight is 305 g/mol. The van der Waals surface area contributed by atoms with Gasteiger partial charge in [0.25, 0.3) is 0 Å². The van der Waals surface area contributed by atoms with Crippen LogP contribution in [0, 0.1) is 34.5 Å². The van der Waals surface area contributed by atoms with Crippen LogP contribution in [0.1, 0.15) is 91.4 Å². The van der Waals surface area contributed by atoms with E-state index in [0.29, 0.717) is 5.41 Å². The molecule has 0 aromatic carbocycles. The van der Waals surface area contributed by atoms with Crippen molar-refractivity contribution in [3.05, 3.63) is 0 Å². The van der Waals surface area contributed by atoms with Crippen molar-refractivity contribution in [3.8, 4) is 0 Å². The van der Waals surface area contributed by atoms with Gasteiger partial charge in [-0.1, -0.05) is 33.6 Å². The molecule has 126 valence electrons. The molecule has 0 spiro atoms. The van der Waals surface area contributed by atoms with E-state index in [1.807, 2.05) is 0 Å². The largest absolute Gasteiger partial charge is 0.389 e. The van der Waals surface area contributed by atoms with E-state index in [1.54, 1.807) is 0 Å². The SMILES string of the molecule is CCC1(O)CCC2C3CCC4CCCCC4(C)C3CCC21C. The van der Waals surface area contributed by atoms with Crippen molar-refractivity contribution in [3.63, 3.8) is 0 Å². The standard InChI is InChI=1S/C21H36O/c1-4-21(22)14-11-18-16-9-8-15-7-5-6-12-19(15,2)17(16)10-13-20(18,21)3/h15-18,22H,4-14H2,1-3H3. The van der Waals surface area contributed by atoms with Gasteiger partial charge in [0.2, 0.25) is 0 Å². The molecule has 0 aliphatic heterocycles. The summed E-state index contributed by atoms with van der Waals surface area (Å²) in [6, 6.07) is 0. The van der Waals surface area contributed by atoms with Crippen LogP contribution in [0.15, 0.2) is 0 Å². The smallest absolute Gasteiger partial charge is 0.0701 e. The first-order valence-corrected chi connectivity index (χ1v) is 10.2. The van der Waals surface area contributed by atoms with Crippen LogP contribution in [0.4, 0.5) is 0 Å². The molecule has 0 bridgehead atoms. The highest BCUT2D eigenvalue weighted by Gasteiger charge is 2.63. The van der Waals surface area contributed by atoms with Crippen molar-refractivity contribution >= 4 is 0 Å². The Labute approximate surface area is 137 Å². The lowest BCUT2D eigenvalue weighted by molar-refractivity contribution is -0.152. The predicted octanol–water partition coefficient (Wildman–Crippen LogP) is 5.56. The van der Waals surface area contributed by atoms with Crippen molar-refractivity contribution in [2.45, 2.75) is 97.0 Å². The van der Waals surface area contributed by atoms with Crippen LogP contribution in [0.3, 0.4) is 0 Å². The Balaban J connectivity index is 1.65. The molecule has 4 aliphatic rings. The highest BCUT2D eigenvalue weighted by molar-refractivity contribution is 5.13. The zero-order valence-electron chi connectivity index (χ0n) is 15.0. The third kappa shape index (κ3) is 1.81. The molecule has 0 aromatic rings. The van der Waals surface area contributed by atoms with Crippen LogP contribution in [-0.2, 0) is 0 Å². The Bertz CT molecular complexity index is 443. The molecule has 1 nitrogen and oxygen atoms in total. The lowest BCUT2D eigenvalue weighted by Gasteiger charge is -2.61. The Hall–Kier alpha value is -0.0400. The summed E-state index contributed by atoms with van der Waals surface area (Å²) in [6.45, 7) is 7.30. The number of aliphatic hydroxyl groups is 1. The molecule has 4 saturated carbocycles. The number of rotatable bonds is 1. The molecule has 0 amide bonds. The Morgan fingerprint density at radius 2 is 1.64 bits per heavy atom. The molecule has 0 radical (unpaired) electrons. The van der Waals surface area contributed by atoms with Crippen LogP contribution >= 0.6 is 0 Å². The maximum Gasteiger partial charge on any atom is 0.0701 e. The number of hydrogen-bond donors (Lipinski definition) is 1. The molecule has 7 unspecified atom stereocenters. The van der Waals surface area contributed by atoms with Crippen molar-refractivity contribution in [2.24, 2.45) is 34.5 Å². The lowest BCUT2D eigenvalue weighted by Crippen LogP contribution is -2.56. The van der Waals surface area contributed by atoms with E-state index in [0.717, 1.165) is 36.5 Å². The second-order valence-electron chi connectivity index (χ2n) is 9.78. The van der Waals surface area contributed by atoms with Gasteiger partial charge in [0, 0.05) is 0 Å². The molecule has 7 atom stereocenters. The van der Waals surface area contributed by atoms with Crippen LogP contribution in [0.5, 0.6) is 0 Å². The summed E-state index contributed by atoms with van der Waals surface area (Å²) < 4.78 is 0. The molecule has 22 heavy (non-hydrogen) atoms. The molecular weight excluding hydrogens is 268 g/mol. The van der Waals surface area contributed by atoms with Gasteiger partial charge >= 0.3 is 0 Å². The minimum absolute atomic E-state index is 0.209. The summed E-state index contributed by atoms with van der Waals surface area (Å²) in [5.74, 6) is 3.69. The quantitative estimate of drug-likeness (QED) is 0.672. The van der Waals surface area contributed by atoms with E-state index >= 15 is 0 Å². The fourth-order valence-corrected chi connectivity index (χ4v) is 7.99. The monoisotopic (exact) mass is 304 g/mol. The third-order valence-corrected chi connectivity index (χ3v) is 9.49. The maximum absolute atomic E-state index is 11.2. The summed E-state index contributed by atoms with van der Waals surface area (Å²) in [4.78, 5) is 0. The van der Waals surface area contributed by atoms with Crippen LogP contribution in [-0.4, -0.2) is 10.7 Å². The van der Waals surface area contributed by atoms with Crippen LogP contribution < -0.4 is 0 Å². The van der Waals surface area contributed by atoms with Gasteiger partial charge in [0.1, 0.15) is 0 Å². The molecule has 4 aliphatic carbocycles. The Kier molecular flexibility index (Phi) is 3.50. The molecule has 0 saturated heterocycles. The van der Waals surface area contributed by atoms with Gasteiger partial charge in [-0.05, 0) is 92.3 Å². The first-order chi connectivity index (χ1) is 10.4. The van der Waals surface area contributed by atoms with E-state index < -0.39 is 0 Å². The average Bonchev–Trinajstić information content (AvgIpc) is 2.79. The minimum atomic E-state index is -0.368. The van der Waals surface area contributed by atoms with E-state index in [4.69, 9.17) is 0 Å². The Morgan fingerprint density at radius 1 is 0.864 bits per heavy atom. The molecule has 4 fully saturated rings. The third-order valence-electron chi connectivity index (χ3n) is 9.49. The van der Waals surface area contributed by atoms with E-state index in [-0.39, 0.29) is 11.0 Å². The van der Waals surface area contributed by atoms with Crippen molar-refractivity contribution in [1.29, 1.82) is 0 Å². The summed E-state index contributed by atoms with van der Waals surface area (Å²) in [6.07, 6.45) is 14.9. The molecular formula is C21H36O. The van der Waals surface area contributed by atoms with Crippen LogP contribution in [0.2, 0.25) is 0 Å². The summed E-state index contributed by atoms with van der Waals surface area (Å²) in [5, 5.41) is 11.2.